The van der Waals surface area contributed by atoms with Crippen molar-refractivity contribution in [3.63, 3.8) is 0 Å². The van der Waals surface area contributed by atoms with Gasteiger partial charge in [-0.1, -0.05) is 48.0 Å². The minimum absolute atomic E-state index is 0.361. The van der Waals surface area contributed by atoms with E-state index < -0.39 is 0 Å². The van der Waals surface area contributed by atoms with Gasteiger partial charge >= 0.3 is 0 Å². The van der Waals surface area contributed by atoms with E-state index in [1.807, 2.05) is 34.4 Å². The van der Waals surface area contributed by atoms with Gasteiger partial charge in [-0.2, -0.15) is 0 Å². The molecule has 1 aliphatic rings. The summed E-state index contributed by atoms with van der Waals surface area (Å²) in [4.78, 5) is 4.16. The number of hydrogen-bond acceptors (Lipinski definition) is 3. The molecule has 1 atom stereocenters. The van der Waals surface area contributed by atoms with Crippen molar-refractivity contribution in [3.8, 4) is 0 Å². The Morgan fingerprint density at radius 1 is 0.870 bits per heavy atom. The number of hydrogen-bond donors (Lipinski definition) is 0. The Bertz CT molecular complexity index is 799. The van der Waals surface area contributed by atoms with Crippen molar-refractivity contribution in [2.24, 2.45) is 0 Å². The van der Waals surface area contributed by atoms with Crippen LogP contribution in [-0.4, -0.2) is 0 Å². The van der Waals surface area contributed by atoms with Crippen LogP contribution in [-0.2, 0) is 0 Å². The molecule has 114 valence electrons. The van der Waals surface area contributed by atoms with Gasteiger partial charge in [0, 0.05) is 26.2 Å². The van der Waals surface area contributed by atoms with Crippen LogP contribution in [0.2, 0.25) is 0 Å². The van der Waals surface area contributed by atoms with Crippen LogP contribution in [0.5, 0.6) is 0 Å². The van der Waals surface area contributed by atoms with Gasteiger partial charge in [-0.05, 0) is 40.8 Å². The van der Waals surface area contributed by atoms with Crippen molar-refractivity contribution in [2.45, 2.75) is 12.8 Å². The molecule has 0 bridgehead atoms. The lowest BCUT2D eigenvalue weighted by Crippen LogP contribution is -1.97. The number of thioether (sulfide) groups is 1. The molecule has 3 aromatic rings. The fourth-order valence-corrected chi connectivity index (χ4v) is 5.68. The van der Waals surface area contributed by atoms with Crippen LogP contribution in [0.1, 0.15) is 26.8 Å². The van der Waals surface area contributed by atoms with E-state index in [4.69, 9.17) is 0 Å². The van der Waals surface area contributed by atoms with Crippen LogP contribution in [0.25, 0.3) is 5.57 Å². The highest BCUT2D eigenvalue weighted by molar-refractivity contribution is 8.06. The standard InChI is InChI=1S/C20H16S3/c1-14-6-8-15(9-7-14)16-10-13-23-20(16)19(17-4-2-11-21-17)18-5-3-12-22-18/h2-13,16H,1H3. The minimum Gasteiger partial charge on any atom is -0.144 e. The van der Waals surface area contributed by atoms with Crippen LogP contribution < -0.4 is 0 Å². The Morgan fingerprint density at radius 2 is 1.52 bits per heavy atom. The van der Waals surface area contributed by atoms with E-state index in [9.17, 15) is 0 Å². The first kappa shape index (κ1) is 15.0. The van der Waals surface area contributed by atoms with Crippen molar-refractivity contribution in [3.05, 3.63) is 96.6 Å². The Kier molecular flexibility index (Phi) is 4.25. The second-order valence-electron chi connectivity index (χ2n) is 5.53. The molecule has 1 aromatic carbocycles. The summed E-state index contributed by atoms with van der Waals surface area (Å²) in [5.41, 5.74) is 4.08. The fourth-order valence-electron chi connectivity index (χ4n) is 2.81. The summed E-state index contributed by atoms with van der Waals surface area (Å²) in [6.45, 7) is 2.14. The summed E-state index contributed by atoms with van der Waals surface area (Å²) in [6.07, 6.45) is 2.33. The first-order valence-electron chi connectivity index (χ1n) is 7.55. The second kappa shape index (κ2) is 6.52. The molecule has 1 aliphatic heterocycles. The number of benzene rings is 1. The predicted octanol–water partition coefficient (Wildman–Crippen LogP) is 6.92. The first-order chi connectivity index (χ1) is 11.3. The molecule has 1 unspecified atom stereocenters. The maximum Gasteiger partial charge on any atom is 0.0365 e. The van der Waals surface area contributed by atoms with Gasteiger partial charge in [-0.15, -0.1) is 34.4 Å². The van der Waals surface area contributed by atoms with Gasteiger partial charge in [0.15, 0.2) is 0 Å². The molecule has 3 heterocycles. The van der Waals surface area contributed by atoms with E-state index in [0.717, 1.165) is 0 Å². The Labute approximate surface area is 149 Å². The monoisotopic (exact) mass is 352 g/mol. The summed E-state index contributed by atoms with van der Waals surface area (Å²) in [5, 5.41) is 6.57. The number of rotatable bonds is 3. The largest absolute Gasteiger partial charge is 0.144 e. The predicted molar refractivity (Wildman–Crippen MR) is 105 cm³/mol. The molecule has 0 saturated heterocycles. The highest BCUT2D eigenvalue weighted by Crippen LogP contribution is 2.48. The van der Waals surface area contributed by atoms with Crippen molar-refractivity contribution in [2.75, 3.05) is 0 Å². The van der Waals surface area contributed by atoms with Crippen LogP contribution >= 0.6 is 34.4 Å². The first-order valence-corrected chi connectivity index (χ1v) is 10.2. The molecular weight excluding hydrogens is 336 g/mol. The molecule has 0 aliphatic carbocycles. The van der Waals surface area contributed by atoms with Gasteiger partial charge in [-0.3, -0.25) is 0 Å². The number of allylic oxidation sites excluding steroid dienone is 2. The normalized spacial score (nSPS) is 16.9. The summed E-state index contributed by atoms with van der Waals surface area (Å²) in [6, 6.07) is 17.7. The van der Waals surface area contributed by atoms with E-state index in [1.54, 1.807) is 0 Å². The molecule has 0 N–H and O–H groups in total. The van der Waals surface area contributed by atoms with Gasteiger partial charge in [-0.25, -0.2) is 0 Å². The lowest BCUT2D eigenvalue weighted by atomic mass is 9.94. The average molecular weight is 353 g/mol. The van der Waals surface area contributed by atoms with Gasteiger partial charge in [0.25, 0.3) is 0 Å². The SMILES string of the molecule is Cc1ccc(C2C=CSC2=C(c2cccs2)c2cccs2)cc1. The van der Waals surface area contributed by atoms with E-state index in [0.29, 0.717) is 5.92 Å². The molecule has 0 saturated carbocycles. The van der Waals surface area contributed by atoms with Crippen LogP contribution in [0, 0.1) is 6.92 Å². The lowest BCUT2D eigenvalue weighted by molar-refractivity contribution is 1.08. The summed E-state index contributed by atoms with van der Waals surface area (Å²) in [5.74, 6) is 0.361. The fraction of sp³-hybridized carbons (Fsp3) is 0.100. The Balaban J connectivity index is 1.86. The molecule has 2 aromatic heterocycles. The van der Waals surface area contributed by atoms with E-state index >= 15 is 0 Å². The summed E-state index contributed by atoms with van der Waals surface area (Å²) < 4.78 is 0. The molecule has 3 heteroatoms. The highest BCUT2D eigenvalue weighted by atomic mass is 32.2. The van der Waals surface area contributed by atoms with Crippen molar-refractivity contribution >= 4 is 40.0 Å². The molecular formula is C20H16S3. The van der Waals surface area contributed by atoms with Crippen LogP contribution in [0.4, 0.5) is 0 Å². The Hall–Kier alpha value is -1.55. The van der Waals surface area contributed by atoms with Crippen molar-refractivity contribution in [1.82, 2.24) is 0 Å². The molecule has 4 rings (SSSR count). The summed E-state index contributed by atoms with van der Waals surface area (Å²) >= 11 is 5.51. The maximum atomic E-state index is 2.33. The lowest BCUT2D eigenvalue weighted by Gasteiger charge is -2.16. The second-order valence-corrected chi connectivity index (χ2v) is 8.37. The number of aryl methyl sites for hydroxylation is 1. The van der Waals surface area contributed by atoms with Crippen LogP contribution in [0.3, 0.4) is 0 Å². The Morgan fingerprint density at radius 3 is 2.09 bits per heavy atom. The maximum absolute atomic E-state index is 2.33. The van der Waals surface area contributed by atoms with Crippen LogP contribution in [0.15, 0.2) is 75.7 Å². The zero-order chi connectivity index (χ0) is 15.6. The van der Waals surface area contributed by atoms with E-state index in [1.165, 1.54) is 31.4 Å². The van der Waals surface area contributed by atoms with Gasteiger partial charge in [0.05, 0.1) is 0 Å². The number of thiophene rings is 2. The van der Waals surface area contributed by atoms with Crippen molar-refractivity contribution < 1.29 is 0 Å². The zero-order valence-electron chi connectivity index (χ0n) is 12.7. The average Bonchev–Trinajstić information content (AvgIpc) is 3.32. The van der Waals surface area contributed by atoms with Gasteiger partial charge in [0.2, 0.25) is 0 Å². The summed E-state index contributed by atoms with van der Waals surface area (Å²) in [7, 11) is 0. The van der Waals surface area contributed by atoms with E-state index in [-0.39, 0.29) is 0 Å². The molecule has 0 radical (unpaired) electrons. The third-order valence-electron chi connectivity index (χ3n) is 3.97. The highest BCUT2D eigenvalue weighted by Gasteiger charge is 2.24. The molecule has 0 fully saturated rings. The van der Waals surface area contributed by atoms with Crippen molar-refractivity contribution in [1.29, 1.82) is 0 Å². The van der Waals surface area contributed by atoms with Gasteiger partial charge < -0.3 is 0 Å². The smallest absolute Gasteiger partial charge is 0.0365 e. The molecule has 0 spiro atoms. The quantitative estimate of drug-likeness (QED) is 0.493. The topological polar surface area (TPSA) is 0 Å². The molecule has 0 nitrogen and oxygen atoms in total. The van der Waals surface area contributed by atoms with E-state index in [2.05, 4.69) is 77.7 Å². The third kappa shape index (κ3) is 2.97. The molecule has 0 amide bonds. The third-order valence-corrected chi connectivity index (χ3v) is 6.75. The van der Waals surface area contributed by atoms with Gasteiger partial charge in [0.1, 0.15) is 0 Å². The zero-order valence-corrected chi connectivity index (χ0v) is 15.2. The minimum atomic E-state index is 0.361. The molecule has 23 heavy (non-hydrogen) atoms.